The van der Waals surface area contributed by atoms with Crippen LogP contribution in [-0.4, -0.2) is 83.9 Å². The number of benzene rings is 2. The molecule has 0 aliphatic carbocycles. The molecule has 2 aromatic carbocycles. The molecule has 1 unspecified atom stereocenters. The van der Waals surface area contributed by atoms with Crippen molar-refractivity contribution in [3.05, 3.63) is 107 Å². The van der Waals surface area contributed by atoms with Crippen LogP contribution in [0.2, 0.25) is 0 Å². The fourth-order valence-corrected chi connectivity index (χ4v) is 7.25. The number of oxime groups is 1. The largest absolute Gasteiger partial charge is 0.504 e. The van der Waals surface area contributed by atoms with E-state index in [1.54, 1.807) is 59.6 Å². The highest BCUT2D eigenvalue weighted by molar-refractivity contribution is 8.00. The normalized spacial score (nSPS) is 17.3. The number of hydrogen-bond donors (Lipinski definition) is 6. The zero-order chi connectivity index (χ0) is 39.2. The highest BCUT2D eigenvalue weighted by Gasteiger charge is 2.54. The van der Waals surface area contributed by atoms with Crippen LogP contribution in [0.4, 0.5) is 10.9 Å². The maximum absolute atomic E-state index is 13.8. The van der Waals surface area contributed by atoms with Crippen molar-refractivity contribution in [1.29, 1.82) is 0 Å². The first-order valence-electron chi connectivity index (χ1n) is 16.2. The Balaban J connectivity index is 1.23. The molecule has 4 heterocycles. The molecule has 3 atom stereocenters. The lowest BCUT2D eigenvalue weighted by Crippen LogP contribution is -2.71. The van der Waals surface area contributed by atoms with Gasteiger partial charge in [0.1, 0.15) is 41.7 Å². The summed E-state index contributed by atoms with van der Waals surface area (Å²) in [6.45, 7) is 0.293. The van der Waals surface area contributed by atoms with Crippen LogP contribution in [-0.2, 0) is 41.9 Å². The molecule has 55 heavy (non-hydrogen) atoms. The smallest absolute Gasteiger partial charge is 0.355 e. The second-order valence-electron chi connectivity index (χ2n) is 11.8. The number of nitrogens with zero attached hydrogens (tertiary/aromatic N) is 5. The summed E-state index contributed by atoms with van der Waals surface area (Å²) < 4.78 is 12.6. The molecule has 20 heteroatoms. The SMILES string of the molecule is COc1ccc(COC(=O)C2=C(/C=C/C[n+]3ccc(N)nc3)CS[C@@H]3[C@H](NC(=O)/C(=N\OC(C(=O)O)c4ccc(O)c(O)c4)c4csc(N)n4)C(=O)N23)cc1. The number of carbonyl (C=O) groups is 4. The van der Waals surface area contributed by atoms with Crippen LogP contribution in [0.15, 0.2) is 95.0 Å². The number of nitrogens with one attached hydrogen (secondary N) is 1. The fraction of sp³-hybridized carbons (Fsp3) is 0.200. The lowest BCUT2D eigenvalue weighted by atomic mass is 10.0. The van der Waals surface area contributed by atoms with Crippen molar-refractivity contribution in [3.63, 3.8) is 0 Å². The zero-order valence-corrected chi connectivity index (χ0v) is 30.4. The predicted molar refractivity (Wildman–Crippen MR) is 197 cm³/mol. The second-order valence-corrected chi connectivity index (χ2v) is 13.8. The van der Waals surface area contributed by atoms with Gasteiger partial charge < -0.3 is 46.4 Å². The number of aromatic hydroxyl groups is 2. The number of phenols is 2. The van der Waals surface area contributed by atoms with Gasteiger partial charge in [-0.3, -0.25) is 14.5 Å². The topological polar surface area (TPSA) is 266 Å². The number of carboxylic acid groups (broad SMARTS) is 1. The Bertz CT molecular complexity index is 2210. The molecule has 18 nitrogen and oxygen atoms in total. The average molecular weight is 790 g/mol. The van der Waals surface area contributed by atoms with Gasteiger partial charge in [0.25, 0.3) is 18.1 Å². The van der Waals surface area contributed by atoms with Crippen LogP contribution in [0, 0.1) is 0 Å². The molecule has 0 radical (unpaired) electrons. The minimum atomic E-state index is -1.82. The second kappa shape index (κ2) is 16.6. The number of aromatic nitrogens is 3. The summed E-state index contributed by atoms with van der Waals surface area (Å²) in [5.41, 5.74) is 12.0. The molecule has 0 spiro atoms. The number of fused-ring (bicyclic) bond motifs is 1. The quantitative estimate of drug-likeness (QED) is 0.0265. The van der Waals surface area contributed by atoms with E-state index >= 15 is 0 Å². The molecule has 0 bridgehead atoms. The summed E-state index contributed by atoms with van der Waals surface area (Å²) in [6.07, 6.45) is 4.99. The van der Waals surface area contributed by atoms with Crippen molar-refractivity contribution >= 4 is 63.5 Å². The molecule has 6 rings (SSSR count). The predicted octanol–water partition coefficient (Wildman–Crippen LogP) is 1.61. The van der Waals surface area contributed by atoms with Crippen LogP contribution < -0.4 is 26.1 Å². The molecule has 1 fully saturated rings. The Morgan fingerprint density at radius 2 is 1.93 bits per heavy atom. The third kappa shape index (κ3) is 8.60. The number of anilines is 2. The van der Waals surface area contributed by atoms with E-state index < -0.39 is 58.5 Å². The lowest BCUT2D eigenvalue weighted by molar-refractivity contribution is -0.689. The molecule has 4 aromatic rings. The van der Waals surface area contributed by atoms with E-state index in [9.17, 15) is 34.5 Å². The first kappa shape index (κ1) is 38.1. The van der Waals surface area contributed by atoms with Gasteiger partial charge in [-0.05, 0) is 46.5 Å². The summed E-state index contributed by atoms with van der Waals surface area (Å²) in [4.78, 5) is 68.0. The molecule has 8 N–H and O–H groups in total. The number of phenolic OH excluding ortho intramolecular Hbond substituents is 2. The van der Waals surface area contributed by atoms with Gasteiger partial charge in [-0.1, -0.05) is 29.4 Å². The molecule has 0 saturated carbocycles. The first-order valence-corrected chi connectivity index (χ1v) is 18.1. The number of nitrogens with two attached hydrogens (primary N) is 2. The number of thioether (sulfide) groups is 1. The van der Waals surface area contributed by atoms with Gasteiger partial charge in [0, 0.05) is 22.8 Å². The number of ether oxygens (including phenoxy) is 2. The fourth-order valence-electron chi connectivity index (χ4n) is 5.39. The van der Waals surface area contributed by atoms with Crippen LogP contribution in [0.1, 0.15) is 22.9 Å². The summed E-state index contributed by atoms with van der Waals surface area (Å²) >= 11 is 2.27. The molecule has 2 aliphatic rings. The summed E-state index contributed by atoms with van der Waals surface area (Å²) in [7, 11) is 1.54. The van der Waals surface area contributed by atoms with Gasteiger partial charge in [0.15, 0.2) is 22.3 Å². The number of esters is 1. The van der Waals surface area contributed by atoms with E-state index in [0.29, 0.717) is 29.2 Å². The Morgan fingerprint density at radius 1 is 1.15 bits per heavy atom. The molecule has 1 saturated heterocycles. The summed E-state index contributed by atoms with van der Waals surface area (Å²) in [5.74, 6) is -3.69. The number of aliphatic carboxylic acids is 1. The van der Waals surface area contributed by atoms with E-state index in [1.165, 1.54) is 35.2 Å². The van der Waals surface area contributed by atoms with Crippen molar-refractivity contribution in [2.24, 2.45) is 5.16 Å². The molecular weight excluding hydrogens is 757 g/mol. The number of amides is 2. The third-order valence-electron chi connectivity index (χ3n) is 8.19. The monoisotopic (exact) mass is 789 g/mol. The first-order chi connectivity index (χ1) is 26.4. The Labute approximate surface area is 320 Å². The Hall–Kier alpha value is -6.67. The van der Waals surface area contributed by atoms with E-state index in [4.69, 9.17) is 25.8 Å². The number of β-lactam (4-membered cyclic amide) rings is 1. The van der Waals surface area contributed by atoms with E-state index in [0.717, 1.165) is 23.5 Å². The van der Waals surface area contributed by atoms with Crippen molar-refractivity contribution in [3.8, 4) is 17.2 Å². The van der Waals surface area contributed by atoms with Crippen molar-refractivity contribution < 1.29 is 53.4 Å². The number of rotatable bonds is 14. The molecule has 284 valence electrons. The number of carboxylic acids is 1. The molecular formula is C35H33N8O10S2+. The highest BCUT2D eigenvalue weighted by atomic mass is 32.2. The van der Waals surface area contributed by atoms with Gasteiger partial charge in [0.2, 0.25) is 11.9 Å². The average Bonchev–Trinajstić information content (AvgIpc) is 3.61. The number of carbonyl (C=O) groups excluding carboxylic acids is 3. The molecule has 2 aromatic heterocycles. The van der Waals surface area contributed by atoms with E-state index in [2.05, 4.69) is 20.4 Å². The summed E-state index contributed by atoms with van der Waals surface area (Å²) in [6, 6.07) is 10.6. The Morgan fingerprint density at radius 3 is 2.58 bits per heavy atom. The van der Waals surface area contributed by atoms with Crippen molar-refractivity contribution in [2.45, 2.75) is 30.7 Å². The lowest BCUT2D eigenvalue weighted by Gasteiger charge is -2.49. The minimum Gasteiger partial charge on any atom is -0.504 e. The maximum atomic E-state index is 13.8. The highest BCUT2D eigenvalue weighted by Crippen LogP contribution is 2.41. The van der Waals surface area contributed by atoms with Gasteiger partial charge in [-0.2, -0.15) is 0 Å². The van der Waals surface area contributed by atoms with Crippen molar-refractivity contribution in [1.82, 2.24) is 20.2 Å². The molecule has 2 amide bonds. The zero-order valence-electron chi connectivity index (χ0n) is 28.8. The van der Waals surface area contributed by atoms with E-state index in [1.807, 2.05) is 0 Å². The van der Waals surface area contributed by atoms with Crippen LogP contribution in [0.25, 0.3) is 0 Å². The van der Waals surface area contributed by atoms with Crippen LogP contribution in [0.3, 0.4) is 0 Å². The number of thiazole rings is 1. The van der Waals surface area contributed by atoms with Gasteiger partial charge in [0.05, 0.1) is 13.3 Å². The third-order valence-corrected chi connectivity index (χ3v) is 10.2. The van der Waals surface area contributed by atoms with Gasteiger partial charge in [-0.15, -0.1) is 23.1 Å². The minimum absolute atomic E-state index is 0.00962. The van der Waals surface area contributed by atoms with Gasteiger partial charge in [-0.25, -0.2) is 19.1 Å². The number of allylic oxidation sites excluding steroid dienone is 2. The number of hydrogen-bond acceptors (Lipinski definition) is 16. The number of methoxy groups -OCH3 is 1. The molecule has 2 aliphatic heterocycles. The number of nitrogen functional groups attached to an aromatic ring is 2. The Kier molecular flexibility index (Phi) is 11.5. The van der Waals surface area contributed by atoms with Crippen LogP contribution >= 0.6 is 23.1 Å². The summed E-state index contributed by atoms with van der Waals surface area (Å²) in [5, 5.41) is 36.5. The van der Waals surface area contributed by atoms with Crippen LogP contribution in [0.5, 0.6) is 17.2 Å². The van der Waals surface area contributed by atoms with Gasteiger partial charge >= 0.3 is 11.9 Å². The maximum Gasteiger partial charge on any atom is 0.355 e. The van der Waals surface area contributed by atoms with Crippen molar-refractivity contribution in [2.75, 3.05) is 24.3 Å². The van der Waals surface area contributed by atoms with E-state index in [-0.39, 0.29) is 34.4 Å². The standard InChI is InChI=1S/C35H32N8O10S2/c1-51-21-7-4-18(5-8-21)14-52-34(50)28-20(3-2-11-42-12-10-25(36)38-17-42)15-54-32-27(31(47)43(28)32)40-30(46)26(22-16-55-35(37)39-22)41-53-29(33(48)49)19-6-9-23(44)24(45)13-19/h2-10,12-13,16-17,27,29,32,36H,11,14-15H2,1H3,(H6,37,39,40,41,44,45,46,48,49)/p+1/b3-2+/t27-,29?,32-/m1/s1.